The third kappa shape index (κ3) is 3.59. The van der Waals surface area contributed by atoms with Gasteiger partial charge in [0.2, 0.25) is 10.0 Å². The van der Waals surface area contributed by atoms with Gasteiger partial charge in [-0.05, 0) is 42.9 Å². The van der Waals surface area contributed by atoms with Crippen molar-refractivity contribution in [1.29, 1.82) is 0 Å². The molecular weight excluding hydrogens is 274 g/mol. The third-order valence-electron chi connectivity index (χ3n) is 4.25. The van der Waals surface area contributed by atoms with Gasteiger partial charge in [0.1, 0.15) is 0 Å². The van der Waals surface area contributed by atoms with Crippen molar-refractivity contribution in [2.75, 3.05) is 6.54 Å². The first kappa shape index (κ1) is 15.5. The van der Waals surface area contributed by atoms with Crippen LogP contribution in [0.3, 0.4) is 0 Å². The molecule has 3 unspecified atom stereocenters. The van der Waals surface area contributed by atoms with Gasteiger partial charge >= 0.3 is 0 Å². The van der Waals surface area contributed by atoms with Crippen LogP contribution in [0.2, 0.25) is 0 Å². The first-order chi connectivity index (χ1) is 9.40. The number of aliphatic hydroxyl groups is 1. The lowest BCUT2D eigenvalue weighted by molar-refractivity contribution is 0.199. The number of nitrogens with one attached hydrogen (secondary N) is 1. The van der Waals surface area contributed by atoms with E-state index in [9.17, 15) is 13.5 Å². The maximum absolute atomic E-state index is 12.2. The molecular formula is C15H23NO3S. The molecule has 2 rings (SSSR count). The summed E-state index contributed by atoms with van der Waals surface area (Å²) in [6, 6.07) is 6.39. The molecule has 0 amide bonds. The number of hydrogen-bond acceptors (Lipinski definition) is 3. The largest absolute Gasteiger partial charge is 0.389 e. The van der Waals surface area contributed by atoms with Crippen LogP contribution in [-0.2, 0) is 10.0 Å². The van der Waals surface area contributed by atoms with Crippen LogP contribution in [0.4, 0.5) is 0 Å². The van der Waals surface area contributed by atoms with Crippen molar-refractivity contribution in [2.24, 2.45) is 11.8 Å². The summed E-state index contributed by atoms with van der Waals surface area (Å²) in [6.45, 7) is 4.36. The zero-order valence-electron chi connectivity index (χ0n) is 12.0. The molecule has 0 aromatic heterocycles. The van der Waals surface area contributed by atoms with Gasteiger partial charge in [-0.25, -0.2) is 13.1 Å². The van der Waals surface area contributed by atoms with E-state index in [-0.39, 0.29) is 4.90 Å². The predicted molar refractivity (Wildman–Crippen MR) is 78.8 cm³/mol. The average molecular weight is 297 g/mol. The van der Waals surface area contributed by atoms with Crippen molar-refractivity contribution in [2.45, 2.75) is 44.1 Å². The highest BCUT2D eigenvalue weighted by Crippen LogP contribution is 2.30. The van der Waals surface area contributed by atoms with Gasteiger partial charge in [-0.3, -0.25) is 0 Å². The summed E-state index contributed by atoms with van der Waals surface area (Å²) in [6.07, 6.45) is 2.90. The van der Waals surface area contributed by atoms with E-state index in [1.54, 1.807) is 31.2 Å². The molecule has 1 aromatic rings. The predicted octanol–water partition coefficient (Wildman–Crippen LogP) is 2.45. The summed E-state index contributed by atoms with van der Waals surface area (Å²) >= 11 is 0. The Kier molecular flexibility index (Phi) is 4.83. The van der Waals surface area contributed by atoms with Crippen LogP contribution in [0.1, 0.15) is 44.8 Å². The van der Waals surface area contributed by atoms with E-state index in [0.29, 0.717) is 23.9 Å². The summed E-state index contributed by atoms with van der Waals surface area (Å²) in [7, 11) is -3.45. The van der Waals surface area contributed by atoms with Gasteiger partial charge in [0.25, 0.3) is 0 Å². The molecule has 112 valence electrons. The molecule has 0 bridgehead atoms. The fourth-order valence-corrected chi connectivity index (χ4v) is 3.85. The highest BCUT2D eigenvalue weighted by atomic mass is 32.2. The summed E-state index contributed by atoms with van der Waals surface area (Å²) in [4.78, 5) is 0.257. The molecule has 5 heteroatoms. The van der Waals surface area contributed by atoms with Crippen molar-refractivity contribution in [1.82, 2.24) is 4.72 Å². The fraction of sp³-hybridized carbons (Fsp3) is 0.600. The topological polar surface area (TPSA) is 66.4 Å². The van der Waals surface area contributed by atoms with Crippen LogP contribution in [-0.4, -0.2) is 20.1 Å². The lowest BCUT2D eigenvalue weighted by Gasteiger charge is -2.16. The summed E-state index contributed by atoms with van der Waals surface area (Å²) in [5.74, 6) is 1.04. The molecule has 4 nitrogen and oxygen atoms in total. The smallest absolute Gasteiger partial charge is 0.240 e. The molecule has 1 aliphatic carbocycles. The monoisotopic (exact) mass is 297 g/mol. The first-order valence-corrected chi connectivity index (χ1v) is 8.66. The normalized spacial score (nSPS) is 24.8. The maximum atomic E-state index is 12.2. The molecule has 0 aliphatic heterocycles. The van der Waals surface area contributed by atoms with Gasteiger partial charge in [0.15, 0.2) is 0 Å². The summed E-state index contributed by atoms with van der Waals surface area (Å²) in [5.41, 5.74) is 0.716. The molecule has 3 atom stereocenters. The molecule has 1 fully saturated rings. The minimum atomic E-state index is -3.45. The lowest BCUT2D eigenvalue weighted by Crippen LogP contribution is -2.30. The number of sulfonamides is 1. The van der Waals surface area contributed by atoms with Gasteiger partial charge in [-0.1, -0.05) is 31.9 Å². The zero-order chi connectivity index (χ0) is 14.8. The second kappa shape index (κ2) is 6.24. The van der Waals surface area contributed by atoms with Crippen molar-refractivity contribution in [3.63, 3.8) is 0 Å². The van der Waals surface area contributed by atoms with E-state index in [4.69, 9.17) is 0 Å². The average Bonchev–Trinajstić information content (AvgIpc) is 2.82. The third-order valence-corrected chi connectivity index (χ3v) is 5.69. The van der Waals surface area contributed by atoms with E-state index in [1.165, 1.54) is 12.8 Å². The van der Waals surface area contributed by atoms with E-state index in [2.05, 4.69) is 11.6 Å². The minimum Gasteiger partial charge on any atom is -0.389 e. The minimum absolute atomic E-state index is 0.257. The standard InChI is InChI=1S/C15H23NO3S/c1-11-4-3-5-14(11)10-16-20(18,19)15-8-6-13(7-9-15)12(2)17/h6-9,11-12,14,16-17H,3-5,10H2,1-2H3. The Bertz CT molecular complexity index is 537. The van der Waals surface area contributed by atoms with Crippen LogP contribution < -0.4 is 4.72 Å². The number of rotatable bonds is 5. The Morgan fingerprint density at radius 3 is 2.45 bits per heavy atom. The number of hydrogen-bond donors (Lipinski definition) is 2. The highest BCUT2D eigenvalue weighted by molar-refractivity contribution is 7.89. The van der Waals surface area contributed by atoms with E-state index >= 15 is 0 Å². The number of aliphatic hydroxyl groups excluding tert-OH is 1. The summed E-state index contributed by atoms with van der Waals surface area (Å²) in [5, 5.41) is 9.43. The molecule has 0 radical (unpaired) electrons. The molecule has 0 saturated heterocycles. The van der Waals surface area contributed by atoms with E-state index < -0.39 is 16.1 Å². The molecule has 2 N–H and O–H groups in total. The quantitative estimate of drug-likeness (QED) is 0.877. The van der Waals surface area contributed by atoms with Crippen molar-refractivity contribution < 1.29 is 13.5 Å². The molecule has 20 heavy (non-hydrogen) atoms. The maximum Gasteiger partial charge on any atom is 0.240 e. The zero-order valence-corrected chi connectivity index (χ0v) is 12.9. The van der Waals surface area contributed by atoms with Gasteiger partial charge in [0.05, 0.1) is 11.0 Å². The Hall–Kier alpha value is -0.910. The Morgan fingerprint density at radius 1 is 1.30 bits per heavy atom. The SMILES string of the molecule is CC(O)c1ccc(S(=O)(=O)NCC2CCCC2C)cc1. The van der Waals surface area contributed by atoms with Crippen molar-refractivity contribution in [3.05, 3.63) is 29.8 Å². The lowest BCUT2D eigenvalue weighted by atomic mass is 9.99. The Morgan fingerprint density at radius 2 is 1.95 bits per heavy atom. The molecule has 0 spiro atoms. The van der Waals surface area contributed by atoms with Gasteiger partial charge in [-0.15, -0.1) is 0 Å². The Balaban J connectivity index is 2.02. The van der Waals surface area contributed by atoms with Gasteiger partial charge in [0, 0.05) is 6.54 Å². The fourth-order valence-electron chi connectivity index (χ4n) is 2.75. The first-order valence-electron chi connectivity index (χ1n) is 7.18. The van der Waals surface area contributed by atoms with Crippen LogP contribution in [0.5, 0.6) is 0 Å². The Labute approximate surface area is 121 Å². The van der Waals surface area contributed by atoms with Crippen molar-refractivity contribution >= 4 is 10.0 Å². The molecule has 0 heterocycles. The van der Waals surface area contributed by atoms with Gasteiger partial charge < -0.3 is 5.11 Å². The van der Waals surface area contributed by atoms with Crippen molar-refractivity contribution in [3.8, 4) is 0 Å². The van der Waals surface area contributed by atoms with Crippen LogP contribution in [0.15, 0.2) is 29.2 Å². The van der Waals surface area contributed by atoms with Crippen LogP contribution >= 0.6 is 0 Å². The molecule has 1 aromatic carbocycles. The van der Waals surface area contributed by atoms with Gasteiger partial charge in [-0.2, -0.15) is 0 Å². The second-order valence-corrected chi connectivity index (χ2v) is 7.53. The van der Waals surface area contributed by atoms with Crippen LogP contribution in [0.25, 0.3) is 0 Å². The molecule has 1 saturated carbocycles. The second-order valence-electron chi connectivity index (χ2n) is 5.77. The van der Waals surface area contributed by atoms with E-state index in [1.807, 2.05) is 0 Å². The van der Waals surface area contributed by atoms with E-state index in [0.717, 1.165) is 6.42 Å². The highest BCUT2D eigenvalue weighted by Gasteiger charge is 2.25. The number of benzene rings is 1. The molecule has 1 aliphatic rings. The summed E-state index contributed by atoms with van der Waals surface area (Å²) < 4.78 is 27.1. The van der Waals surface area contributed by atoms with Crippen LogP contribution in [0, 0.1) is 11.8 Å².